The van der Waals surface area contributed by atoms with Crippen LogP contribution in [0.25, 0.3) is 0 Å². The molecule has 2 heterocycles. The summed E-state index contributed by atoms with van der Waals surface area (Å²) in [7, 11) is 2.07. The van der Waals surface area contributed by atoms with Crippen molar-refractivity contribution in [2.24, 2.45) is 0 Å². The number of nitrogens with zero attached hydrogens (tertiary/aromatic N) is 3. The smallest absolute Gasteiger partial charge is 0.339 e. The second kappa shape index (κ2) is 6.34. The van der Waals surface area contributed by atoms with E-state index in [0.29, 0.717) is 12.1 Å². The monoisotopic (exact) mass is 281 g/mol. The van der Waals surface area contributed by atoms with Gasteiger partial charge in [-0.1, -0.05) is 13.3 Å². The van der Waals surface area contributed by atoms with Crippen molar-refractivity contribution < 1.29 is 9.90 Å². The van der Waals surface area contributed by atoms with Crippen molar-refractivity contribution >= 4 is 17.7 Å². The third kappa shape index (κ3) is 3.25. The highest BCUT2D eigenvalue weighted by atomic mass is 32.2. The molecule has 1 aliphatic heterocycles. The minimum atomic E-state index is -0.943. The fourth-order valence-corrected chi connectivity index (χ4v) is 3.37. The predicted octanol–water partition coefficient (Wildman–Crippen LogP) is 1.85. The number of aryl methyl sites for hydroxylation is 1. The average Bonchev–Trinajstić information content (AvgIpc) is 2.39. The Morgan fingerprint density at radius 1 is 1.63 bits per heavy atom. The molecule has 0 aliphatic carbocycles. The van der Waals surface area contributed by atoms with E-state index in [1.54, 1.807) is 0 Å². The number of rotatable bonds is 4. The van der Waals surface area contributed by atoms with Crippen molar-refractivity contribution in [1.82, 2.24) is 14.9 Å². The predicted molar refractivity (Wildman–Crippen MR) is 75.7 cm³/mol. The van der Waals surface area contributed by atoms with Crippen LogP contribution < -0.4 is 0 Å². The Balaban J connectivity index is 2.31. The van der Waals surface area contributed by atoms with Crippen LogP contribution in [0.4, 0.5) is 0 Å². The largest absolute Gasteiger partial charge is 0.478 e. The molecule has 1 saturated heterocycles. The number of thioether (sulfide) groups is 1. The SMILES string of the molecule is CCCc1nc(C2CSCCN2C)ncc1C(=O)O. The maximum atomic E-state index is 11.2. The van der Waals surface area contributed by atoms with Gasteiger partial charge in [-0.3, -0.25) is 4.90 Å². The molecule has 0 saturated carbocycles. The van der Waals surface area contributed by atoms with Crippen LogP contribution in [0.15, 0.2) is 6.20 Å². The molecular weight excluding hydrogens is 262 g/mol. The van der Waals surface area contributed by atoms with Gasteiger partial charge < -0.3 is 5.11 Å². The zero-order valence-corrected chi connectivity index (χ0v) is 12.1. The quantitative estimate of drug-likeness (QED) is 0.908. The second-order valence-corrected chi connectivity index (χ2v) is 5.86. The minimum absolute atomic E-state index is 0.192. The Morgan fingerprint density at radius 2 is 2.42 bits per heavy atom. The van der Waals surface area contributed by atoms with Gasteiger partial charge in [0.2, 0.25) is 0 Å². The topological polar surface area (TPSA) is 66.3 Å². The highest BCUT2D eigenvalue weighted by Gasteiger charge is 2.25. The van der Waals surface area contributed by atoms with Gasteiger partial charge in [-0.05, 0) is 13.5 Å². The first-order valence-electron chi connectivity index (χ1n) is 6.50. The van der Waals surface area contributed by atoms with Crippen molar-refractivity contribution in [3.63, 3.8) is 0 Å². The first kappa shape index (κ1) is 14.3. The van der Waals surface area contributed by atoms with Gasteiger partial charge in [0, 0.05) is 24.2 Å². The summed E-state index contributed by atoms with van der Waals surface area (Å²) in [6, 6.07) is 0.192. The maximum Gasteiger partial charge on any atom is 0.339 e. The molecule has 1 N–H and O–H groups in total. The van der Waals surface area contributed by atoms with Crippen LogP contribution in [0.5, 0.6) is 0 Å². The van der Waals surface area contributed by atoms with Gasteiger partial charge >= 0.3 is 5.97 Å². The summed E-state index contributed by atoms with van der Waals surface area (Å²) in [5, 5.41) is 9.15. The molecule has 0 amide bonds. The van der Waals surface area contributed by atoms with E-state index >= 15 is 0 Å². The molecule has 1 aromatic rings. The van der Waals surface area contributed by atoms with Crippen LogP contribution >= 0.6 is 11.8 Å². The van der Waals surface area contributed by atoms with Gasteiger partial charge in [0.1, 0.15) is 5.82 Å². The van der Waals surface area contributed by atoms with Crippen molar-refractivity contribution in [3.8, 4) is 0 Å². The molecular formula is C13H19N3O2S. The van der Waals surface area contributed by atoms with E-state index in [1.807, 2.05) is 18.7 Å². The molecule has 0 spiro atoms. The molecule has 6 heteroatoms. The van der Waals surface area contributed by atoms with Crippen LogP contribution in [-0.4, -0.2) is 51.0 Å². The Morgan fingerprint density at radius 3 is 3.05 bits per heavy atom. The third-order valence-electron chi connectivity index (χ3n) is 3.30. The molecule has 1 atom stereocenters. The summed E-state index contributed by atoms with van der Waals surface area (Å²) < 4.78 is 0. The normalized spacial score (nSPS) is 20.4. The maximum absolute atomic E-state index is 11.2. The van der Waals surface area contributed by atoms with E-state index < -0.39 is 5.97 Å². The Hall–Kier alpha value is -1.14. The molecule has 1 aromatic heterocycles. The fourth-order valence-electron chi connectivity index (χ4n) is 2.16. The molecule has 2 rings (SSSR count). The average molecular weight is 281 g/mol. The van der Waals surface area contributed by atoms with Crippen LogP contribution in [0.3, 0.4) is 0 Å². The summed E-state index contributed by atoms with van der Waals surface area (Å²) in [4.78, 5) is 22.2. The minimum Gasteiger partial charge on any atom is -0.478 e. The highest BCUT2D eigenvalue weighted by Crippen LogP contribution is 2.26. The summed E-state index contributed by atoms with van der Waals surface area (Å²) in [6.45, 7) is 3.04. The van der Waals surface area contributed by atoms with E-state index in [4.69, 9.17) is 5.11 Å². The van der Waals surface area contributed by atoms with Crippen molar-refractivity contribution in [2.45, 2.75) is 25.8 Å². The Labute approximate surface area is 117 Å². The Kier molecular flexibility index (Phi) is 4.76. The summed E-state index contributed by atoms with van der Waals surface area (Å²) >= 11 is 1.89. The zero-order chi connectivity index (χ0) is 13.8. The second-order valence-electron chi connectivity index (χ2n) is 4.72. The molecule has 1 fully saturated rings. The molecule has 0 radical (unpaired) electrons. The van der Waals surface area contributed by atoms with Gasteiger partial charge in [-0.15, -0.1) is 0 Å². The molecule has 104 valence electrons. The molecule has 0 aromatic carbocycles. The van der Waals surface area contributed by atoms with Crippen molar-refractivity contribution in [1.29, 1.82) is 0 Å². The zero-order valence-electron chi connectivity index (χ0n) is 11.3. The molecule has 1 aliphatic rings. The number of carboxylic acids is 1. The van der Waals surface area contributed by atoms with E-state index in [9.17, 15) is 4.79 Å². The molecule has 19 heavy (non-hydrogen) atoms. The number of aromatic nitrogens is 2. The van der Waals surface area contributed by atoms with E-state index in [-0.39, 0.29) is 11.6 Å². The number of carboxylic acid groups (broad SMARTS) is 1. The van der Waals surface area contributed by atoms with Gasteiger partial charge in [0.05, 0.1) is 17.3 Å². The standard InChI is InChI=1S/C13H19N3O2S/c1-3-4-10-9(13(17)18)7-14-12(15-10)11-8-19-6-5-16(11)2/h7,11H,3-6,8H2,1-2H3,(H,17,18). The van der Waals surface area contributed by atoms with E-state index in [2.05, 4.69) is 21.9 Å². The number of hydrogen-bond acceptors (Lipinski definition) is 5. The number of aromatic carboxylic acids is 1. The van der Waals surface area contributed by atoms with Gasteiger partial charge in [-0.2, -0.15) is 11.8 Å². The van der Waals surface area contributed by atoms with Gasteiger partial charge in [0.25, 0.3) is 0 Å². The van der Waals surface area contributed by atoms with Gasteiger partial charge in [0.15, 0.2) is 0 Å². The van der Waals surface area contributed by atoms with Crippen molar-refractivity contribution in [2.75, 3.05) is 25.1 Å². The molecule has 1 unspecified atom stereocenters. The van der Waals surface area contributed by atoms with E-state index in [0.717, 1.165) is 30.3 Å². The lowest BCUT2D eigenvalue weighted by Gasteiger charge is -2.31. The summed E-state index contributed by atoms with van der Waals surface area (Å²) in [5.74, 6) is 1.90. The first-order chi connectivity index (χ1) is 9.13. The van der Waals surface area contributed by atoms with Crippen LogP contribution in [0, 0.1) is 0 Å². The molecule has 0 bridgehead atoms. The first-order valence-corrected chi connectivity index (χ1v) is 7.66. The highest BCUT2D eigenvalue weighted by molar-refractivity contribution is 7.99. The fraction of sp³-hybridized carbons (Fsp3) is 0.615. The van der Waals surface area contributed by atoms with Gasteiger partial charge in [-0.25, -0.2) is 14.8 Å². The number of carbonyl (C=O) groups is 1. The van der Waals surface area contributed by atoms with Crippen LogP contribution in [0.1, 0.15) is 41.3 Å². The van der Waals surface area contributed by atoms with Crippen LogP contribution in [0.2, 0.25) is 0 Å². The van der Waals surface area contributed by atoms with E-state index in [1.165, 1.54) is 6.20 Å². The molecule has 5 nitrogen and oxygen atoms in total. The Bertz CT molecular complexity index is 467. The lowest BCUT2D eigenvalue weighted by atomic mass is 10.1. The summed E-state index contributed by atoms with van der Waals surface area (Å²) in [6.07, 6.45) is 3.02. The summed E-state index contributed by atoms with van der Waals surface area (Å²) in [5.41, 5.74) is 0.890. The third-order valence-corrected chi connectivity index (χ3v) is 4.32. The number of hydrogen-bond donors (Lipinski definition) is 1. The van der Waals surface area contributed by atoms with Crippen LogP contribution in [-0.2, 0) is 6.42 Å². The van der Waals surface area contributed by atoms with Crippen molar-refractivity contribution in [3.05, 3.63) is 23.3 Å². The lowest BCUT2D eigenvalue weighted by Crippen LogP contribution is -2.34. The lowest BCUT2D eigenvalue weighted by molar-refractivity contribution is 0.0694.